The summed E-state index contributed by atoms with van der Waals surface area (Å²) < 4.78 is 5.68. The second-order valence-electron chi connectivity index (χ2n) is 4.52. The molecule has 1 aromatic rings. The highest BCUT2D eigenvalue weighted by atomic mass is 16.5. The van der Waals surface area contributed by atoms with Crippen LogP contribution in [0.15, 0.2) is 6.20 Å². The molecule has 6 nitrogen and oxygen atoms in total. The largest absolute Gasteiger partial charge is 0.376 e. The van der Waals surface area contributed by atoms with Crippen LogP contribution >= 0.6 is 0 Å². The summed E-state index contributed by atoms with van der Waals surface area (Å²) in [7, 11) is 0. The molecular weight excluding hydrogens is 230 g/mol. The molecule has 0 radical (unpaired) electrons. The monoisotopic (exact) mass is 251 g/mol. The van der Waals surface area contributed by atoms with Crippen LogP contribution in [-0.4, -0.2) is 35.8 Å². The van der Waals surface area contributed by atoms with Crippen LogP contribution in [0.4, 0.5) is 11.8 Å². The second kappa shape index (κ2) is 5.97. The fraction of sp³-hybridized carbons (Fsp3) is 0.667. The SMILES string of the molecule is CCN(CC1CCCO1)c1nc(NN)ncc1C. The number of nitrogens with two attached hydrogens (primary N) is 1. The maximum atomic E-state index is 5.68. The van der Waals surface area contributed by atoms with E-state index < -0.39 is 0 Å². The number of anilines is 2. The third-order valence-electron chi connectivity index (χ3n) is 3.20. The number of aromatic nitrogens is 2. The number of nitrogen functional groups attached to an aromatic ring is 1. The molecule has 100 valence electrons. The van der Waals surface area contributed by atoms with Crippen molar-refractivity contribution in [3.63, 3.8) is 0 Å². The number of nitrogens with zero attached hydrogens (tertiary/aromatic N) is 3. The van der Waals surface area contributed by atoms with E-state index in [1.54, 1.807) is 6.20 Å². The van der Waals surface area contributed by atoms with Crippen molar-refractivity contribution in [2.75, 3.05) is 30.0 Å². The molecule has 0 saturated carbocycles. The number of hydrogen-bond acceptors (Lipinski definition) is 6. The minimum atomic E-state index is 0.314. The summed E-state index contributed by atoms with van der Waals surface area (Å²) in [6, 6.07) is 0. The number of hydrogen-bond donors (Lipinski definition) is 2. The van der Waals surface area contributed by atoms with Crippen molar-refractivity contribution >= 4 is 11.8 Å². The lowest BCUT2D eigenvalue weighted by molar-refractivity contribution is 0.115. The molecule has 6 heteroatoms. The van der Waals surface area contributed by atoms with Crippen LogP contribution < -0.4 is 16.2 Å². The number of ether oxygens (including phenoxy) is 1. The molecule has 1 fully saturated rings. The van der Waals surface area contributed by atoms with Crippen LogP contribution in [0.2, 0.25) is 0 Å². The second-order valence-corrected chi connectivity index (χ2v) is 4.52. The summed E-state index contributed by atoms with van der Waals surface area (Å²) in [4.78, 5) is 10.7. The van der Waals surface area contributed by atoms with E-state index in [0.717, 1.165) is 43.9 Å². The van der Waals surface area contributed by atoms with Gasteiger partial charge in [0.15, 0.2) is 0 Å². The third kappa shape index (κ3) is 2.88. The minimum Gasteiger partial charge on any atom is -0.376 e. The van der Waals surface area contributed by atoms with E-state index in [1.165, 1.54) is 0 Å². The van der Waals surface area contributed by atoms with Crippen molar-refractivity contribution < 1.29 is 4.74 Å². The first kappa shape index (κ1) is 13.0. The lowest BCUT2D eigenvalue weighted by Crippen LogP contribution is -2.33. The number of aryl methyl sites for hydroxylation is 1. The van der Waals surface area contributed by atoms with Gasteiger partial charge in [-0.25, -0.2) is 10.8 Å². The summed E-state index contributed by atoms with van der Waals surface area (Å²) in [6.45, 7) is 6.76. The Labute approximate surface area is 108 Å². The zero-order valence-electron chi connectivity index (χ0n) is 11.0. The lowest BCUT2D eigenvalue weighted by atomic mass is 10.2. The molecule has 1 aliphatic rings. The Kier molecular flexibility index (Phi) is 4.33. The Hall–Kier alpha value is -1.40. The van der Waals surface area contributed by atoms with Crippen molar-refractivity contribution in [1.29, 1.82) is 0 Å². The van der Waals surface area contributed by atoms with Crippen molar-refractivity contribution in [2.24, 2.45) is 5.84 Å². The van der Waals surface area contributed by atoms with Gasteiger partial charge in [0.25, 0.3) is 0 Å². The van der Waals surface area contributed by atoms with Gasteiger partial charge < -0.3 is 9.64 Å². The summed E-state index contributed by atoms with van der Waals surface area (Å²) in [6.07, 6.45) is 4.38. The van der Waals surface area contributed by atoms with Crippen molar-refractivity contribution in [1.82, 2.24) is 9.97 Å². The van der Waals surface area contributed by atoms with Gasteiger partial charge in [0.1, 0.15) is 5.82 Å². The maximum Gasteiger partial charge on any atom is 0.239 e. The van der Waals surface area contributed by atoms with Crippen molar-refractivity contribution in [3.8, 4) is 0 Å². The average molecular weight is 251 g/mol. The van der Waals surface area contributed by atoms with Gasteiger partial charge in [-0.05, 0) is 26.7 Å². The molecule has 0 spiro atoms. The first-order chi connectivity index (χ1) is 8.74. The standard InChI is InChI=1S/C12H21N5O/c1-3-17(8-10-5-4-6-18-10)11-9(2)7-14-12(15-11)16-13/h7,10H,3-6,8,13H2,1-2H3,(H,14,15,16). The summed E-state index contributed by atoms with van der Waals surface area (Å²) >= 11 is 0. The highest BCUT2D eigenvalue weighted by Crippen LogP contribution is 2.21. The van der Waals surface area contributed by atoms with Crippen LogP contribution in [-0.2, 0) is 4.74 Å². The molecule has 1 atom stereocenters. The van der Waals surface area contributed by atoms with E-state index in [2.05, 4.69) is 27.2 Å². The Morgan fingerprint density at radius 1 is 1.61 bits per heavy atom. The highest BCUT2D eigenvalue weighted by molar-refractivity contribution is 5.48. The fourth-order valence-electron chi connectivity index (χ4n) is 2.22. The Bertz CT molecular complexity index is 392. The van der Waals surface area contributed by atoms with Gasteiger partial charge in [0.05, 0.1) is 6.10 Å². The Morgan fingerprint density at radius 2 is 2.44 bits per heavy atom. The van der Waals surface area contributed by atoms with Gasteiger partial charge >= 0.3 is 0 Å². The predicted octanol–water partition coefficient (Wildman–Crippen LogP) is 1.08. The van der Waals surface area contributed by atoms with E-state index in [-0.39, 0.29) is 0 Å². The molecule has 2 heterocycles. The zero-order chi connectivity index (χ0) is 13.0. The first-order valence-electron chi connectivity index (χ1n) is 6.41. The van der Waals surface area contributed by atoms with Gasteiger partial charge in [0.2, 0.25) is 5.95 Å². The normalized spacial score (nSPS) is 18.9. The molecule has 0 aromatic carbocycles. The molecule has 0 bridgehead atoms. The summed E-state index contributed by atoms with van der Waals surface area (Å²) in [5, 5.41) is 0. The maximum absolute atomic E-state index is 5.68. The summed E-state index contributed by atoms with van der Waals surface area (Å²) in [5.74, 6) is 6.73. The van der Waals surface area contributed by atoms with Crippen LogP contribution in [0.5, 0.6) is 0 Å². The van der Waals surface area contributed by atoms with Gasteiger partial charge in [-0.3, -0.25) is 5.43 Å². The van der Waals surface area contributed by atoms with E-state index >= 15 is 0 Å². The molecule has 0 amide bonds. The van der Waals surface area contributed by atoms with Crippen molar-refractivity contribution in [2.45, 2.75) is 32.8 Å². The van der Waals surface area contributed by atoms with Gasteiger partial charge in [-0.2, -0.15) is 4.98 Å². The Morgan fingerprint density at radius 3 is 3.06 bits per heavy atom. The first-order valence-corrected chi connectivity index (χ1v) is 6.41. The van der Waals surface area contributed by atoms with Crippen LogP contribution in [0.3, 0.4) is 0 Å². The van der Waals surface area contributed by atoms with Gasteiger partial charge in [0, 0.05) is 31.5 Å². The molecule has 18 heavy (non-hydrogen) atoms. The minimum absolute atomic E-state index is 0.314. The van der Waals surface area contributed by atoms with Gasteiger partial charge in [-0.15, -0.1) is 0 Å². The zero-order valence-corrected chi connectivity index (χ0v) is 11.0. The average Bonchev–Trinajstić information content (AvgIpc) is 2.90. The molecule has 0 aliphatic carbocycles. The third-order valence-corrected chi connectivity index (χ3v) is 3.20. The van der Waals surface area contributed by atoms with Crippen LogP contribution in [0, 0.1) is 6.92 Å². The number of likely N-dealkylation sites (N-methyl/N-ethyl adjacent to an activating group) is 1. The van der Waals surface area contributed by atoms with E-state index in [4.69, 9.17) is 10.6 Å². The molecule has 2 rings (SSSR count). The van der Waals surface area contributed by atoms with Crippen LogP contribution in [0.25, 0.3) is 0 Å². The quantitative estimate of drug-likeness (QED) is 0.602. The molecule has 1 aromatic heterocycles. The Balaban J connectivity index is 2.14. The van der Waals surface area contributed by atoms with E-state index in [0.29, 0.717) is 12.1 Å². The number of rotatable bonds is 5. The van der Waals surface area contributed by atoms with Crippen molar-refractivity contribution in [3.05, 3.63) is 11.8 Å². The van der Waals surface area contributed by atoms with Gasteiger partial charge in [-0.1, -0.05) is 0 Å². The smallest absolute Gasteiger partial charge is 0.239 e. The lowest BCUT2D eigenvalue weighted by Gasteiger charge is -2.26. The number of hydrazine groups is 1. The van der Waals surface area contributed by atoms with E-state index in [1.807, 2.05) is 6.92 Å². The highest BCUT2D eigenvalue weighted by Gasteiger charge is 2.20. The molecule has 1 aliphatic heterocycles. The van der Waals surface area contributed by atoms with Crippen LogP contribution in [0.1, 0.15) is 25.3 Å². The molecule has 1 unspecified atom stereocenters. The number of nitrogens with one attached hydrogen (secondary N) is 1. The fourth-order valence-corrected chi connectivity index (χ4v) is 2.22. The topological polar surface area (TPSA) is 76.3 Å². The van der Waals surface area contributed by atoms with E-state index in [9.17, 15) is 0 Å². The predicted molar refractivity (Wildman–Crippen MR) is 71.4 cm³/mol. The molecule has 1 saturated heterocycles. The molecule has 3 N–H and O–H groups in total. The summed E-state index contributed by atoms with van der Waals surface area (Å²) in [5.41, 5.74) is 3.54. The molecular formula is C12H21N5O.